The number of hydrogen-bond donors (Lipinski definition) is 1. The van der Waals surface area contributed by atoms with Gasteiger partial charge >= 0.3 is 0 Å². The van der Waals surface area contributed by atoms with Gasteiger partial charge in [-0.1, -0.05) is 11.6 Å². The van der Waals surface area contributed by atoms with E-state index in [0.29, 0.717) is 14.4 Å². The van der Waals surface area contributed by atoms with Crippen LogP contribution in [0.1, 0.15) is 5.56 Å². The molecule has 1 aromatic heterocycles. The van der Waals surface area contributed by atoms with Crippen LogP contribution in [0.4, 0.5) is 10.1 Å². The molecular formula is C11H8BrClFNO2S2. The van der Waals surface area contributed by atoms with E-state index >= 15 is 0 Å². The fraction of sp³-hybridized carbons (Fsp3) is 0.0909. The Morgan fingerprint density at radius 3 is 2.63 bits per heavy atom. The van der Waals surface area contributed by atoms with Crippen molar-refractivity contribution >= 4 is 54.6 Å². The van der Waals surface area contributed by atoms with E-state index in [0.717, 1.165) is 17.4 Å². The van der Waals surface area contributed by atoms with Crippen LogP contribution in [-0.4, -0.2) is 8.42 Å². The molecule has 0 aliphatic rings. The van der Waals surface area contributed by atoms with Gasteiger partial charge < -0.3 is 0 Å². The van der Waals surface area contributed by atoms with Crippen LogP contribution >= 0.6 is 38.9 Å². The summed E-state index contributed by atoms with van der Waals surface area (Å²) in [5, 5.41) is 0. The quantitative estimate of drug-likeness (QED) is 0.852. The number of nitrogens with one attached hydrogen (secondary N) is 1. The van der Waals surface area contributed by atoms with Crippen molar-refractivity contribution in [1.82, 2.24) is 0 Å². The molecular weight excluding hydrogens is 377 g/mol. The molecule has 0 atom stereocenters. The van der Waals surface area contributed by atoms with E-state index in [2.05, 4.69) is 20.7 Å². The minimum Gasteiger partial charge on any atom is -0.278 e. The summed E-state index contributed by atoms with van der Waals surface area (Å²) < 4.78 is 40.7. The smallest absolute Gasteiger partial charge is 0.271 e. The fourth-order valence-electron chi connectivity index (χ4n) is 1.33. The number of halogens is 3. The van der Waals surface area contributed by atoms with Crippen LogP contribution in [0.5, 0.6) is 0 Å². The first-order valence-corrected chi connectivity index (χ1v) is 8.50. The first-order chi connectivity index (χ1) is 8.79. The molecule has 1 heterocycles. The maximum absolute atomic E-state index is 13.1. The lowest BCUT2D eigenvalue weighted by atomic mass is 10.3. The summed E-state index contributed by atoms with van der Waals surface area (Å²) >= 11 is 9.97. The molecule has 0 fully saturated rings. The predicted molar refractivity (Wildman–Crippen MR) is 79.0 cm³/mol. The summed E-state index contributed by atoms with van der Waals surface area (Å²) in [5.74, 6) is -0.527. The molecule has 0 aliphatic carbocycles. The average Bonchev–Trinajstić information content (AvgIpc) is 2.65. The summed E-state index contributed by atoms with van der Waals surface area (Å²) in [4.78, 5) is 0. The second kappa shape index (κ2) is 5.40. The summed E-state index contributed by atoms with van der Waals surface area (Å²) in [7, 11) is -3.77. The second-order valence-electron chi connectivity index (χ2n) is 3.75. The van der Waals surface area contributed by atoms with E-state index in [-0.39, 0.29) is 9.90 Å². The standard InChI is InChI=1S/C11H8BrClFNO2S2/c1-6-4-10(18-11(6)13)19(16,17)15-9-5-7(14)2-3-8(9)12/h2-5,15H,1H3. The fourth-order valence-corrected chi connectivity index (χ4v) is 4.59. The van der Waals surface area contributed by atoms with Crippen molar-refractivity contribution in [3.05, 3.63) is 44.5 Å². The molecule has 0 radical (unpaired) electrons. The largest absolute Gasteiger partial charge is 0.278 e. The lowest BCUT2D eigenvalue weighted by molar-refractivity contribution is 0.603. The number of rotatable bonds is 3. The molecule has 0 spiro atoms. The number of sulfonamides is 1. The molecule has 1 N–H and O–H groups in total. The lowest BCUT2D eigenvalue weighted by Crippen LogP contribution is -2.12. The number of benzene rings is 1. The third-order valence-corrected chi connectivity index (χ3v) is 6.36. The zero-order chi connectivity index (χ0) is 14.2. The van der Waals surface area contributed by atoms with Gasteiger partial charge in [0.15, 0.2) is 0 Å². The molecule has 1 aromatic carbocycles. The van der Waals surface area contributed by atoms with Crippen molar-refractivity contribution in [1.29, 1.82) is 0 Å². The van der Waals surface area contributed by atoms with Gasteiger partial charge in [0, 0.05) is 4.47 Å². The topological polar surface area (TPSA) is 46.2 Å². The highest BCUT2D eigenvalue weighted by Crippen LogP contribution is 2.32. The first kappa shape index (κ1) is 14.8. The molecule has 2 aromatic rings. The van der Waals surface area contributed by atoms with Gasteiger partial charge in [0.2, 0.25) is 0 Å². The number of aryl methyl sites for hydroxylation is 1. The SMILES string of the molecule is Cc1cc(S(=O)(=O)Nc2cc(F)ccc2Br)sc1Cl. The van der Waals surface area contributed by atoms with Crippen molar-refractivity contribution in [2.24, 2.45) is 0 Å². The van der Waals surface area contributed by atoms with Gasteiger partial charge in [-0.3, -0.25) is 4.72 Å². The molecule has 0 saturated heterocycles. The Morgan fingerprint density at radius 1 is 1.37 bits per heavy atom. The van der Waals surface area contributed by atoms with Crippen molar-refractivity contribution in [2.75, 3.05) is 4.72 Å². The molecule has 3 nitrogen and oxygen atoms in total. The highest BCUT2D eigenvalue weighted by Gasteiger charge is 2.19. The number of hydrogen-bond acceptors (Lipinski definition) is 3. The Hall–Kier alpha value is -0.630. The summed E-state index contributed by atoms with van der Waals surface area (Å²) in [6, 6.07) is 5.24. The number of anilines is 1. The predicted octanol–water partition coefficient (Wildman–Crippen LogP) is 4.41. The van der Waals surface area contributed by atoms with E-state index in [4.69, 9.17) is 11.6 Å². The monoisotopic (exact) mass is 383 g/mol. The van der Waals surface area contributed by atoms with Crippen molar-refractivity contribution in [3.63, 3.8) is 0 Å². The Balaban J connectivity index is 2.39. The van der Waals surface area contributed by atoms with E-state index in [9.17, 15) is 12.8 Å². The molecule has 8 heteroatoms. The molecule has 0 saturated carbocycles. The van der Waals surface area contributed by atoms with Gasteiger partial charge in [-0.05, 0) is 52.7 Å². The van der Waals surface area contributed by atoms with Crippen molar-refractivity contribution < 1.29 is 12.8 Å². The van der Waals surface area contributed by atoms with Crippen LogP contribution in [0.25, 0.3) is 0 Å². The minimum absolute atomic E-state index is 0.0890. The summed E-state index contributed by atoms with van der Waals surface area (Å²) in [5.41, 5.74) is 0.826. The van der Waals surface area contributed by atoms with Crippen LogP contribution < -0.4 is 4.72 Å². The van der Waals surface area contributed by atoms with Gasteiger partial charge in [0.1, 0.15) is 10.0 Å². The summed E-state index contributed by atoms with van der Waals surface area (Å²) in [6.45, 7) is 1.72. The molecule has 2 rings (SSSR count). The van der Waals surface area contributed by atoms with Gasteiger partial charge in [-0.15, -0.1) is 11.3 Å². The number of thiophene rings is 1. The maximum Gasteiger partial charge on any atom is 0.271 e. The molecule has 102 valence electrons. The van der Waals surface area contributed by atoms with Crippen molar-refractivity contribution in [3.8, 4) is 0 Å². The Morgan fingerprint density at radius 2 is 2.05 bits per heavy atom. The highest BCUT2D eigenvalue weighted by molar-refractivity contribution is 9.10. The lowest BCUT2D eigenvalue weighted by Gasteiger charge is -2.08. The molecule has 0 amide bonds. The molecule has 0 unspecified atom stereocenters. The Bertz CT molecular complexity index is 711. The third kappa shape index (κ3) is 3.28. The van der Waals surface area contributed by atoms with Gasteiger partial charge in [-0.25, -0.2) is 12.8 Å². The van der Waals surface area contributed by atoms with Crippen LogP contribution in [-0.2, 0) is 10.0 Å². The second-order valence-corrected chi connectivity index (χ2v) is 8.17. The normalized spacial score (nSPS) is 11.6. The van der Waals surface area contributed by atoms with Crippen LogP contribution in [0, 0.1) is 12.7 Å². The van der Waals surface area contributed by atoms with Crippen LogP contribution in [0.15, 0.2) is 32.9 Å². The maximum atomic E-state index is 13.1. The Kier molecular flexibility index (Phi) is 4.20. The first-order valence-electron chi connectivity index (χ1n) is 5.03. The van der Waals surface area contributed by atoms with E-state index < -0.39 is 15.8 Å². The third-order valence-electron chi connectivity index (χ3n) is 2.27. The highest BCUT2D eigenvalue weighted by atomic mass is 79.9. The van der Waals surface area contributed by atoms with E-state index in [1.54, 1.807) is 6.92 Å². The zero-order valence-electron chi connectivity index (χ0n) is 9.58. The van der Waals surface area contributed by atoms with E-state index in [1.165, 1.54) is 18.2 Å². The zero-order valence-corrected chi connectivity index (χ0v) is 13.6. The molecule has 0 bridgehead atoms. The van der Waals surface area contributed by atoms with Crippen LogP contribution in [0.2, 0.25) is 4.34 Å². The molecule has 0 aliphatic heterocycles. The van der Waals surface area contributed by atoms with Crippen LogP contribution in [0.3, 0.4) is 0 Å². The molecule has 19 heavy (non-hydrogen) atoms. The van der Waals surface area contributed by atoms with E-state index in [1.807, 2.05) is 0 Å². The average molecular weight is 385 g/mol. The minimum atomic E-state index is -3.77. The Labute approximate surface area is 127 Å². The summed E-state index contributed by atoms with van der Waals surface area (Å²) in [6.07, 6.45) is 0. The van der Waals surface area contributed by atoms with Gasteiger partial charge in [-0.2, -0.15) is 0 Å². The van der Waals surface area contributed by atoms with Crippen molar-refractivity contribution in [2.45, 2.75) is 11.1 Å². The van der Waals surface area contributed by atoms with Gasteiger partial charge in [0.25, 0.3) is 10.0 Å². The van der Waals surface area contributed by atoms with Gasteiger partial charge in [0.05, 0.1) is 10.0 Å².